The molecule has 28 nitrogen and oxygen atoms in total. The van der Waals surface area contributed by atoms with Crippen molar-refractivity contribution >= 4 is 75.5 Å². The lowest BCUT2D eigenvalue weighted by molar-refractivity contribution is -0.131. The van der Waals surface area contributed by atoms with Crippen molar-refractivity contribution < 1.29 is 76.4 Å². The molecule has 2 unspecified atom stereocenters. The number of carbonyl (C=O) groups is 8. The Kier molecular flexibility index (Phi) is 23.4. The Labute approximate surface area is 580 Å². The van der Waals surface area contributed by atoms with Crippen LogP contribution in [0.15, 0.2) is 143 Å². The first-order chi connectivity index (χ1) is 47.2. The van der Waals surface area contributed by atoms with E-state index in [1.54, 1.807) is 116 Å². The molecular weight excluding hydrogens is 1320 g/mol. The smallest absolute Gasteiger partial charge is 0.351 e. The van der Waals surface area contributed by atoms with Crippen molar-refractivity contribution in [1.29, 1.82) is 0 Å². The Hall–Kier alpha value is -9.09. The zero-order chi connectivity index (χ0) is 72.8. The van der Waals surface area contributed by atoms with Crippen molar-refractivity contribution in [1.82, 2.24) is 38.7 Å². The molecule has 30 heteroatoms. The average Bonchev–Trinajstić information content (AvgIpc) is 1.60. The van der Waals surface area contributed by atoms with Crippen molar-refractivity contribution in [2.75, 3.05) is 77.3 Å². The molecule has 2 fully saturated rings. The second-order valence-electron chi connectivity index (χ2n) is 27.7. The fourth-order valence-electron chi connectivity index (χ4n) is 10.7. The minimum Gasteiger partial charge on any atom is -0.408 e. The van der Waals surface area contributed by atoms with Gasteiger partial charge in [-0.1, -0.05) is 102 Å². The molecule has 0 bridgehead atoms. The number of benzene rings is 4. The molecule has 4 N–H and O–H groups in total. The minimum absolute atomic E-state index is 0.0271. The summed E-state index contributed by atoms with van der Waals surface area (Å²) in [5.41, 5.74) is 0.430. The number of fused-ring (bicyclic) bond motifs is 2. The number of carbonyl (C=O) groups excluding carboxylic acids is 8. The molecule has 100 heavy (non-hydrogen) atoms. The molecule has 0 saturated carbocycles. The maximum Gasteiger partial charge on any atom is 0.351 e. The Balaban J connectivity index is 0.000000233. The van der Waals surface area contributed by atoms with Gasteiger partial charge in [-0.2, -0.15) is 9.97 Å². The number of amides is 8. The lowest BCUT2D eigenvalue weighted by Gasteiger charge is -2.40. The first-order valence-corrected chi connectivity index (χ1v) is 38.5. The van der Waals surface area contributed by atoms with Gasteiger partial charge < -0.3 is 58.4 Å². The van der Waals surface area contributed by atoms with E-state index >= 15 is 0 Å². The minimum atomic E-state index is -2.49. The van der Waals surface area contributed by atoms with Gasteiger partial charge in [0.25, 0.3) is 35.4 Å². The fraction of sp³-hybridized carbons (Fsp3) is 0.429. The summed E-state index contributed by atoms with van der Waals surface area (Å²) in [6.07, 6.45) is -5.25. The summed E-state index contributed by atoms with van der Waals surface area (Å²) in [4.78, 5) is 141. The maximum absolute atomic E-state index is 13.3. The van der Waals surface area contributed by atoms with Crippen LogP contribution in [-0.4, -0.2) is 216 Å². The Morgan fingerprint density at radius 2 is 0.850 bits per heavy atom. The first-order valence-electron chi connectivity index (χ1n) is 32.7. The van der Waals surface area contributed by atoms with Crippen molar-refractivity contribution in [2.24, 2.45) is 0 Å². The second kappa shape index (κ2) is 31.2. The van der Waals surface area contributed by atoms with Gasteiger partial charge in [0.1, 0.15) is 61.3 Å². The van der Waals surface area contributed by atoms with Gasteiger partial charge >= 0.3 is 11.4 Å². The highest BCUT2D eigenvalue weighted by Crippen LogP contribution is 2.43. The molecule has 2 aromatic heterocycles. The molecule has 532 valence electrons. The van der Waals surface area contributed by atoms with Gasteiger partial charge in [0.05, 0.1) is 48.7 Å². The molecular formula is C70H86N10O18Si2. The van der Waals surface area contributed by atoms with E-state index in [0.717, 1.165) is 14.4 Å². The SMILES string of the molecule is CN(CCOC[C@H]1O[C@@H](n2ccc(NC(=O)c3ccccc3)nc2=O)[C@@H](O)C1O[Si](C)(C)C(C)(C)C)C(=O)CN1C(=O)c2ccccc2C1=O.CN(CCOC[C@H]1O[C@@H](n2ccc(NC(=O)c3ccccc3)nc2=O)[C@@H](O[Si](C)(C)C(C)(C)C)C1O)C(=O)CN1C(=O)c2ccccc2C1=O. The van der Waals surface area contributed by atoms with E-state index in [1.165, 1.54) is 45.9 Å². The fourth-order valence-corrected chi connectivity index (χ4v) is 13.3. The molecule has 6 heterocycles. The molecule has 2 saturated heterocycles. The highest BCUT2D eigenvalue weighted by Gasteiger charge is 2.53. The van der Waals surface area contributed by atoms with Crippen LogP contribution in [0.2, 0.25) is 36.3 Å². The van der Waals surface area contributed by atoms with E-state index in [0.29, 0.717) is 11.1 Å². The normalized spacial score (nSPS) is 20.6. The number of nitrogens with one attached hydrogen (secondary N) is 2. The van der Waals surface area contributed by atoms with Gasteiger partial charge in [-0.25, -0.2) is 9.59 Å². The van der Waals surface area contributed by atoms with Crippen molar-refractivity contribution in [3.63, 3.8) is 0 Å². The van der Waals surface area contributed by atoms with Gasteiger partial charge in [-0.3, -0.25) is 57.3 Å². The van der Waals surface area contributed by atoms with Gasteiger partial charge in [0.2, 0.25) is 11.8 Å². The summed E-state index contributed by atoms with van der Waals surface area (Å²) in [7, 11) is -1.85. The number of hydrogen-bond donors (Lipinski definition) is 4. The van der Waals surface area contributed by atoms with Crippen LogP contribution in [-0.2, 0) is 37.4 Å². The molecule has 0 aliphatic carbocycles. The number of aliphatic hydroxyl groups is 2. The van der Waals surface area contributed by atoms with E-state index in [2.05, 4.69) is 62.1 Å². The third-order valence-corrected chi connectivity index (χ3v) is 27.7. The Morgan fingerprint density at radius 3 is 1.23 bits per heavy atom. The number of aromatic nitrogens is 4. The van der Waals surface area contributed by atoms with Crippen LogP contribution >= 0.6 is 0 Å². The lowest BCUT2D eigenvalue weighted by Crippen LogP contribution is -2.50. The van der Waals surface area contributed by atoms with Crippen LogP contribution in [0, 0.1) is 0 Å². The van der Waals surface area contributed by atoms with E-state index < -0.39 is 137 Å². The summed E-state index contributed by atoms with van der Waals surface area (Å²) < 4.78 is 39.7. The largest absolute Gasteiger partial charge is 0.408 e. The van der Waals surface area contributed by atoms with E-state index in [4.69, 9.17) is 27.8 Å². The van der Waals surface area contributed by atoms with Crippen LogP contribution in [0.25, 0.3) is 0 Å². The zero-order valence-corrected chi connectivity index (χ0v) is 60.0. The second-order valence-corrected chi connectivity index (χ2v) is 37.2. The Morgan fingerprint density at radius 1 is 0.500 bits per heavy atom. The molecule has 8 atom stereocenters. The summed E-state index contributed by atoms with van der Waals surface area (Å²) in [6.45, 7) is 20.0. The summed E-state index contributed by atoms with van der Waals surface area (Å²) >= 11 is 0. The predicted octanol–water partition coefficient (Wildman–Crippen LogP) is 5.83. The molecule has 6 aromatic rings. The monoisotopic (exact) mass is 1410 g/mol. The highest BCUT2D eigenvalue weighted by molar-refractivity contribution is 6.74. The van der Waals surface area contributed by atoms with Crippen molar-refractivity contribution in [3.8, 4) is 0 Å². The summed E-state index contributed by atoms with van der Waals surface area (Å²) in [5, 5.41) is 27.8. The number of imide groups is 2. The highest BCUT2D eigenvalue weighted by atomic mass is 28.4. The predicted molar refractivity (Wildman–Crippen MR) is 370 cm³/mol. The van der Waals surface area contributed by atoms with Gasteiger partial charge in [-0.15, -0.1) is 0 Å². The molecule has 10 rings (SSSR count). The van der Waals surface area contributed by atoms with Crippen molar-refractivity contribution in [2.45, 2.75) is 127 Å². The number of nitrogens with zero attached hydrogens (tertiary/aromatic N) is 8. The van der Waals surface area contributed by atoms with Crippen LogP contribution in [0.3, 0.4) is 0 Å². The number of aliphatic hydroxyl groups excluding tert-OH is 2. The molecule has 0 radical (unpaired) electrons. The van der Waals surface area contributed by atoms with Crippen LogP contribution in [0.4, 0.5) is 11.6 Å². The van der Waals surface area contributed by atoms with Crippen molar-refractivity contribution in [3.05, 3.63) is 188 Å². The van der Waals surface area contributed by atoms with Crippen LogP contribution < -0.4 is 22.0 Å². The molecule has 0 spiro atoms. The van der Waals surface area contributed by atoms with E-state index in [1.807, 2.05) is 26.2 Å². The van der Waals surface area contributed by atoms with E-state index in [-0.39, 0.29) is 83.5 Å². The van der Waals surface area contributed by atoms with Gasteiger partial charge in [0.15, 0.2) is 29.1 Å². The molecule has 4 aromatic carbocycles. The molecule has 8 amide bonds. The third-order valence-electron chi connectivity index (χ3n) is 18.8. The maximum atomic E-state index is 13.3. The standard InChI is InChI=1S/2C35H43N5O9Si/c1-35(2,3)50(5,6)49-29-25(21-47-19-18-38(4)27(41)20-40-31(44)23-14-10-11-15-24(23)32(40)45)48-33(28(29)42)39-17-16-26(37-34(39)46)36-30(43)22-12-8-7-9-13-22;1-35(2,3)50(5,6)49-29-28(42)25(48-33(29)39-17-16-26(37-34(39)46)36-30(43)22-12-8-7-9-13-22)21-47-19-18-38(4)27(41)20-40-31(44)23-14-10-11-15-24(23)32(40)45/h2*7-17,25,28-29,33,42H,18-21H2,1-6H3,(H,36,37,43,46)/t25-,28+,29?,33-;25-,28?,29+,33-/m11/s1. The third kappa shape index (κ3) is 17.0. The summed E-state index contributed by atoms with van der Waals surface area (Å²) in [5.74, 6) is -3.68. The zero-order valence-electron chi connectivity index (χ0n) is 58.0. The van der Waals surface area contributed by atoms with Crippen LogP contribution in [0.1, 0.15) is 116 Å². The van der Waals surface area contributed by atoms with Gasteiger partial charge in [0, 0.05) is 50.7 Å². The Bertz CT molecular complexity index is 4070. The summed E-state index contributed by atoms with van der Waals surface area (Å²) in [6, 6.07) is 32.8. The number of anilines is 2. The number of ether oxygens (including phenoxy) is 4. The lowest BCUT2D eigenvalue weighted by atomic mass is 10.1. The quantitative estimate of drug-likeness (QED) is 0.0314. The van der Waals surface area contributed by atoms with Crippen LogP contribution in [0.5, 0.6) is 0 Å². The van der Waals surface area contributed by atoms with Gasteiger partial charge in [-0.05, 0) is 96.9 Å². The molecule has 4 aliphatic heterocycles. The molecule has 4 aliphatic rings. The average molecular weight is 1410 g/mol. The number of hydrogen-bond acceptors (Lipinski definition) is 20. The number of rotatable bonds is 24. The number of likely N-dealkylation sites (N-methyl/N-ethyl adjacent to an activating group) is 2. The van der Waals surface area contributed by atoms with E-state index in [9.17, 15) is 58.2 Å². The first kappa shape index (κ1) is 75.1. The topological polar surface area (TPSA) is 339 Å².